The molecule has 3 aliphatic carbocycles. The van der Waals surface area contributed by atoms with Gasteiger partial charge >= 0.3 is 0 Å². The molecule has 3 saturated carbocycles. The lowest BCUT2D eigenvalue weighted by Gasteiger charge is -2.36. The fourth-order valence-electron chi connectivity index (χ4n) is 3.44. The largest absolute Gasteiger partial charge is 0.234 e. The van der Waals surface area contributed by atoms with Gasteiger partial charge < -0.3 is 0 Å². The maximum Gasteiger partial charge on any atom is 0.197 e. The third kappa shape index (κ3) is 1.56. The molecule has 0 atom stereocenters. The van der Waals surface area contributed by atoms with Gasteiger partial charge in [-0.15, -0.1) is 0 Å². The number of aromatic nitrogens is 2. The van der Waals surface area contributed by atoms with E-state index in [2.05, 4.69) is 22.4 Å². The molecule has 1 aromatic rings. The predicted octanol–water partition coefficient (Wildman–Crippen LogP) is 2.89. The Morgan fingerprint density at radius 3 is 2.80 bits per heavy atom. The van der Waals surface area contributed by atoms with Gasteiger partial charge in [-0.1, -0.05) is 12.8 Å². The molecule has 2 heteroatoms. The van der Waals surface area contributed by atoms with Crippen molar-refractivity contribution in [3.05, 3.63) is 24.3 Å². The Hall–Kier alpha value is -0.920. The number of rotatable bonds is 1. The van der Waals surface area contributed by atoms with Crippen molar-refractivity contribution in [1.82, 2.24) is 9.97 Å². The minimum absolute atomic E-state index is 0.381. The molecule has 3 fully saturated rings. The van der Waals surface area contributed by atoms with Crippen LogP contribution in [-0.4, -0.2) is 9.97 Å². The Labute approximate surface area is 91.1 Å². The Morgan fingerprint density at radius 2 is 2.07 bits per heavy atom. The van der Waals surface area contributed by atoms with Gasteiger partial charge in [0.2, 0.25) is 0 Å². The van der Waals surface area contributed by atoms with Gasteiger partial charge in [0.05, 0.1) is 5.69 Å². The standard InChI is InChI=1S/C13H17N2/c1-2-11-3-7-13(6-1,8-4-11)12-5-9-14-10-15-12/h5,9,11H,1-4,6-8H2. The Kier molecular flexibility index (Phi) is 2.23. The molecule has 1 radical (unpaired) electrons. The van der Waals surface area contributed by atoms with Crippen LogP contribution < -0.4 is 0 Å². The fraction of sp³-hybridized carbons (Fsp3) is 0.692. The highest BCUT2D eigenvalue weighted by Crippen LogP contribution is 2.48. The minimum Gasteiger partial charge on any atom is -0.234 e. The average Bonchev–Trinajstić information content (AvgIpc) is 2.65. The number of hydrogen-bond donors (Lipinski definition) is 0. The van der Waals surface area contributed by atoms with Gasteiger partial charge in [0, 0.05) is 11.6 Å². The van der Waals surface area contributed by atoms with Crippen LogP contribution in [0, 0.1) is 12.2 Å². The minimum atomic E-state index is 0.381. The van der Waals surface area contributed by atoms with E-state index >= 15 is 0 Å². The first-order chi connectivity index (χ1) is 7.39. The van der Waals surface area contributed by atoms with Crippen LogP contribution in [0.4, 0.5) is 0 Å². The predicted molar refractivity (Wildman–Crippen MR) is 58.4 cm³/mol. The summed E-state index contributed by atoms with van der Waals surface area (Å²) in [5.41, 5.74) is 1.63. The fourth-order valence-corrected chi connectivity index (χ4v) is 3.44. The number of nitrogens with zero attached hydrogens (tertiary/aromatic N) is 2. The lowest BCUT2D eigenvalue weighted by atomic mass is 9.69. The monoisotopic (exact) mass is 201 g/mol. The molecule has 15 heavy (non-hydrogen) atoms. The molecule has 0 saturated heterocycles. The van der Waals surface area contributed by atoms with Crippen LogP contribution in [0.5, 0.6) is 0 Å². The molecular weight excluding hydrogens is 184 g/mol. The van der Waals surface area contributed by atoms with Gasteiger partial charge in [0.25, 0.3) is 0 Å². The molecule has 0 N–H and O–H groups in total. The Balaban J connectivity index is 1.95. The third-order valence-electron chi connectivity index (χ3n) is 4.41. The second kappa shape index (κ2) is 3.58. The van der Waals surface area contributed by atoms with Gasteiger partial charge in [-0.3, -0.25) is 0 Å². The maximum absolute atomic E-state index is 4.38. The van der Waals surface area contributed by atoms with Crippen molar-refractivity contribution in [2.45, 2.75) is 50.4 Å². The van der Waals surface area contributed by atoms with Gasteiger partial charge in [-0.25, -0.2) is 9.97 Å². The van der Waals surface area contributed by atoms with E-state index in [1.807, 2.05) is 6.20 Å². The summed E-state index contributed by atoms with van der Waals surface area (Å²) in [6.45, 7) is 0. The maximum atomic E-state index is 4.38. The van der Waals surface area contributed by atoms with Gasteiger partial charge in [-0.05, 0) is 44.1 Å². The molecule has 0 aromatic carbocycles. The topological polar surface area (TPSA) is 25.8 Å². The first-order valence-corrected chi connectivity index (χ1v) is 6.09. The summed E-state index contributed by atoms with van der Waals surface area (Å²) in [7, 11) is 0. The summed E-state index contributed by atoms with van der Waals surface area (Å²) in [6.07, 6.45) is 14.2. The molecule has 4 rings (SSSR count). The van der Waals surface area contributed by atoms with Crippen LogP contribution in [0.3, 0.4) is 0 Å². The summed E-state index contributed by atoms with van der Waals surface area (Å²) < 4.78 is 0. The molecule has 1 heterocycles. The summed E-state index contributed by atoms with van der Waals surface area (Å²) >= 11 is 0. The van der Waals surface area contributed by atoms with E-state index in [9.17, 15) is 0 Å². The van der Waals surface area contributed by atoms with Crippen LogP contribution >= 0.6 is 0 Å². The lowest BCUT2D eigenvalue weighted by molar-refractivity contribution is 0.253. The van der Waals surface area contributed by atoms with E-state index < -0.39 is 0 Å². The smallest absolute Gasteiger partial charge is 0.197 e. The first-order valence-electron chi connectivity index (χ1n) is 6.09. The highest BCUT2D eigenvalue weighted by molar-refractivity contribution is 5.17. The van der Waals surface area contributed by atoms with Crippen molar-refractivity contribution in [3.8, 4) is 0 Å². The van der Waals surface area contributed by atoms with Crippen LogP contribution in [0.2, 0.25) is 0 Å². The van der Waals surface area contributed by atoms with Crippen molar-refractivity contribution in [3.63, 3.8) is 0 Å². The molecule has 79 valence electrons. The first kappa shape index (κ1) is 9.32. The second-order valence-electron chi connectivity index (χ2n) is 5.16. The van der Waals surface area contributed by atoms with Crippen LogP contribution in [0.25, 0.3) is 0 Å². The highest BCUT2D eigenvalue weighted by atomic mass is 14.8. The zero-order valence-corrected chi connectivity index (χ0v) is 9.08. The van der Waals surface area contributed by atoms with Crippen molar-refractivity contribution >= 4 is 0 Å². The molecule has 2 nitrogen and oxygen atoms in total. The Morgan fingerprint density at radius 1 is 1.20 bits per heavy atom. The van der Waals surface area contributed by atoms with E-state index in [4.69, 9.17) is 0 Å². The van der Waals surface area contributed by atoms with Crippen molar-refractivity contribution in [2.75, 3.05) is 0 Å². The molecule has 2 bridgehead atoms. The van der Waals surface area contributed by atoms with E-state index in [0.29, 0.717) is 5.41 Å². The zero-order valence-electron chi connectivity index (χ0n) is 9.08. The molecule has 0 spiro atoms. The zero-order chi connectivity index (χ0) is 10.1. The quantitative estimate of drug-likeness (QED) is 0.698. The van der Waals surface area contributed by atoms with Crippen molar-refractivity contribution < 1.29 is 0 Å². The normalized spacial score (nSPS) is 35.1. The summed E-state index contributed by atoms with van der Waals surface area (Å²) in [4.78, 5) is 8.28. The molecule has 0 aliphatic heterocycles. The molecule has 3 aliphatic rings. The van der Waals surface area contributed by atoms with E-state index in [0.717, 1.165) is 5.92 Å². The van der Waals surface area contributed by atoms with Crippen LogP contribution in [-0.2, 0) is 5.41 Å². The van der Waals surface area contributed by atoms with E-state index in [-0.39, 0.29) is 0 Å². The average molecular weight is 201 g/mol. The highest BCUT2D eigenvalue weighted by Gasteiger charge is 2.39. The Bertz CT molecular complexity index is 320. The van der Waals surface area contributed by atoms with Crippen LogP contribution in [0.1, 0.15) is 50.6 Å². The molecule has 0 unspecified atom stereocenters. The molecular formula is C13H17N2. The number of fused-ring (bicyclic) bond motifs is 4. The molecule has 1 aromatic heterocycles. The summed E-state index contributed by atoms with van der Waals surface area (Å²) in [5, 5.41) is 0. The van der Waals surface area contributed by atoms with Crippen molar-refractivity contribution in [2.24, 2.45) is 5.92 Å². The molecule has 0 amide bonds. The van der Waals surface area contributed by atoms with Gasteiger partial charge in [-0.2, -0.15) is 0 Å². The summed E-state index contributed by atoms with van der Waals surface area (Å²) in [5.74, 6) is 1.01. The third-order valence-corrected chi connectivity index (χ3v) is 4.41. The number of hydrogen-bond acceptors (Lipinski definition) is 2. The SMILES string of the molecule is [c]1nccc(C23CCCC(CC2)CC3)n1. The second-order valence-corrected chi connectivity index (χ2v) is 5.16. The summed E-state index contributed by atoms with van der Waals surface area (Å²) in [6, 6.07) is 2.10. The van der Waals surface area contributed by atoms with Crippen molar-refractivity contribution in [1.29, 1.82) is 0 Å². The van der Waals surface area contributed by atoms with E-state index in [1.165, 1.54) is 50.6 Å². The van der Waals surface area contributed by atoms with Crippen LogP contribution in [0.15, 0.2) is 12.3 Å². The van der Waals surface area contributed by atoms with E-state index in [1.54, 1.807) is 0 Å². The lowest BCUT2D eigenvalue weighted by Crippen LogP contribution is -2.30. The van der Waals surface area contributed by atoms with Gasteiger partial charge in [0.15, 0.2) is 6.33 Å². The van der Waals surface area contributed by atoms with Gasteiger partial charge in [0.1, 0.15) is 0 Å².